The van der Waals surface area contributed by atoms with E-state index in [1.807, 2.05) is 0 Å². The Kier molecular flexibility index (Phi) is 6.62. The number of aromatic nitrogens is 2. The van der Waals surface area contributed by atoms with E-state index in [9.17, 15) is 24.1 Å². The number of fused-ring (bicyclic) bond motifs is 1. The predicted molar refractivity (Wildman–Crippen MR) is 129 cm³/mol. The number of nitrogens with one attached hydrogen (secondary N) is 1. The van der Waals surface area contributed by atoms with Gasteiger partial charge >= 0.3 is 5.69 Å². The number of rotatable bonds is 6. The molecule has 0 spiro atoms. The summed E-state index contributed by atoms with van der Waals surface area (Å²) in [4.78, 5) is 40.5. The summed E-state index contributed by atoms with van der Waals surface area (Å²) in [5, 5.41) is 14.6. The molecule has 0 unspecified atom stereocenters. The number of thioether (sulfide) groups is 1. The van der Waals surface area contributed by atoms with Gasteiger partial charge in [-0.05, 0) is 48.9 Å². The first-order valence-corrected chi connectivity index (χ1v) is 11.3. The van der Waals surface area contributed by atoms with Crippen molar-refractivity contribution in [3.63, 3.8) is 0 Å². The minimum Gasteiger partial charge on any atom is -0.325 e. The Morgan fingerprint density at radius 2 is 1.97 bits per heavy atom. The summed E-state index contributed by atoms with van der Waals surface area (Å²) in [5.74, 6) is -1.67. The lowest BCUT2D eigenvalue weighted by atomic mass is 10.2. The first kappa shape index (κ1) is 23.4. The van der Waals surface area contributed by atoms with E-state index in [-0.39, 0.29) is 22.2 Å². The molecule has 4 rings (SSSR count). The number of amides is 1. The molecule has 11 heteroatoms. The molecule has 3 aromatic carbocycles. The smallest absolute Gasteiger partial charge is 0.306 e. The van der Waals surface area contributed by atoms with Crippen LogP contribution in [0.15, 0.2) is 70.6 Å². The fourth-order valence-corrected chi connectivity index (χ4v) is 4.29. The second-order valence-corrected chi connectivity index (χ2v) is 8.55. The maximum atomic E-state index is 13.6. The van der Waals surface area contributed by atoms with Crippen molar-refractivity contribution < 1.29 is 14.1 Å². The first-order valence-electron chi connectivity index (χ1n) is 9.90. The Balaban J connectivity index is 1.67. The average molecular weight is 499 g/mol. The van der Waals surface area contributed by atoms with Gasteiger partial charge in [0.2, 0.25) is 11.7 Å². The molecule has 8 nitrogen and oxygen atoms in total. The monoisotopic (exact) mass is 498 g/mol. The third-order valence-corrected chi connectivity index (χ3v) is 6.33. The largest absolute Gasteiger partial charge is 0.325 e. The van der Waals surface area contributed by atoms with Crippen LogP contribution in [0.3, 0.4) is 0 Å². The third-order valence-electron chi connectivity index (χ3n) is 4.98. The number of para-hydroxylation sites is 1. The highest BCUT2D eigenvalue weighted by molar-refractivity contribution is 7.99. The highest BCUT2D eigenvalue weighted by Gasteiger charge is 2.18. The molecule has 0 fully saturated rings. The highest BCUT2D eigenvalue weighted by Crippen LogP contribution is 2.27. The molecular formula is C23H16ClFN4O4S. The summed E-state index contributed by atoms with van der Waals surface area (Å²) in [5.41, 5.74) is 0.704. The molecule has 0 atom stereocenters. The van der Waals surface area contributed by atoms with Gasteiger partial charge in [0, 0.05) is 16.8 Å². The summed E-state index contributed by atoms with van der Waals surface area (Å²) in [6, 6.07) is 15.1. The fraction of sp³-hybridized carbons (Fsp3) is 0.0870. The molecule has 0 aliphatic heterocycles. The van der Waals surface area contributed by atoms with E-state index >= 15 is 0 Å². The standard InChI is InChI=1S/C23H16ClFN4O4S/c1-13-16(24)6-4-8-19(13)28-22(31)15-5-2-3-7-18(15)27-23(28)34-12-21(30)26-14-9-10-17(25)20(11-14)29(32)33/h2-11H,12H2,1H3,(H,26,30). The Morgan fingerprint density at radius 3 is 2.74 bits per heavy atom. The van der Waals surface area contributed by atoms with Gasteiger partial charge in [0.15, 0.2) is 5.16 Å². The second kappa shape index (κ2) is 9.62. The molecule has 0 bridgehead atoms. The van der Waals surface area contributed by atoms with E-state index in [0.29, 0.717) is 27.2 Å². The summed E-state index contributed by atoms with van der Waals surface area (Å²) < 4.78 is 15.0. The quantitative estimate of drug-likeness (QED) is 0.171. The number of anilines is 1. The number of nitro benzene ring substituents is 1. The molecule has 172 valence electrons. The van der Waals surface area contributed by atoms with Gasteiger partial charge in [-0.25, -0.2) is 4.98 Å². The minimum atomic E-state index is -1.00. The summed E-state index contributed by atoms with van der Waals surface area (Å²) in [6.07, 6.45) is 0. The summed E-state index contributed by atoms with van der Waals surface area (Å²) in [7, 11) is 0. The first-order chi connectivity index (χ1) is 16.3. The second-order valence-electron chi connectivity index (χ2n) is 7.20. The number of carbonyl (C=O) groups is 1. The van der Waals surface area contributed by atoms with E-state index in [4.69, 9.17) is 11.6 Å². The van der Waals surface area contributed by atoms with Crippen LogP contribution in [0.5, 0.6) is 0 Å². The van der Waals surface area contributed by atoms with Gasteiger partial charge in [0.1, 0.15) is 0 Å². The SMILES string of the molecule is Cc1c(Cl)cccc1-n1c(SCC(=O)Nc2ccc(F)c([N+](=O)[O-])c2)nc2ccccc2c1=O. The molecule has 1 aromatic heterocycles. The number of carbonyl (C=O) groups excluding carboxylic acids is 1. The molecule has 34 heavy (non-hydrogen) atoms. The van der Waals surface area contributed by atoms with Crippen molar-refractivity contribution in [1.82, 2.24) is 9.55 Å². The fourth-order valence-electron chi connectivity index (χ4n) is 3.32. The molecule has 4 aromatic rings. The molecule has 1 amide bonds. The Morgan fingerprint density at radius 1 is 1.21 bits per heavy atom. The predicted octanol–water partition coefficient (Wildman–Crippen LogP) is 5.13. The van der Waals surface area contributed by atoms with Gasteiger partial charge in [-0.15, -0.1) is 0 Å². The Bertz CT molecular complexity index is 1510. The Hall–Kier alpha value is -3.76. The number of nitrogens with zero attached hydrogens (tertiary/aromatic N) is 3. The molecular weight excluding hydrogens is 483 g/mol. The van der Waals surface area contributed by atoms with Crippen LogP contribution in [0.1, 0.15) is 5.56 Å². The van der Waals surface area contributed by atoms with Crippen molar-refractivity contribution in [2.45, 2.75) is 12.1 Å². The van der Waals surface area contributed by atoms with Crippen molar-refractivity contribution in [2.75, 3.05) is 11.1 Å². The van der Waals surface area contributed by atoms with Crippen LogP contribution in [0.2, 0.25) is 5.02 Å². The van der Waals surface area contributed by atoms with Gasteiger partial charge in [-0.2, -0.15) is 4.39 Å². The average Bonchev–Trinajstić information content (AvgIpc) is 2.81. The van der Waals surface area contributed by atoms with Crippen LogP contribution in [0.4, 0.5) is 15.8 Å². The lowest BCUT2D eigenvalue weighted by molar-refractivity contribution is -0.387. The zero-order valence-corrected chi connectivity index (χ0v) is 19.2. The highest BCUT2D eigenvalue weighted by atomic mass is 35.5. The molecule has 0 radical (unpaired) electrons. The van der Waals surface area contributed by atoms with Gasteiger partial charge < -0.3 is 5.32 Å². The lowest BCUT2D eigenvalue weighted by Gasteiger charge is -2.15. The minimum absolute atomic E-state index is 0.0771. The van der Waals surface area contributed by atoms with Crippen molar-refractivity contribution in [2.24, 2.45) is 0 Å². The Labute approximate surface area is 201 Å². The summed E-state index contributed by atoms with van der Waals surface area (Å²) in [6.45, 7) is 1.78. The third kappa shape index (κ3) is 4.63. The number of hydrogen-bond donors (Lipinski definition) is 1. The van der Waals surface area contributed by atoms with Crippen molar-refractivity contribution in [1.29, 1.82) is 0 Å². The summed E-state index contributed by atoms with van der Waals surface area (Å²) >= 11 is 7.28. The van der Waals surface area contributed by atoms with Crippen LogP contribution in [-0.4, -0.2) is 26.1 Å². The molecule has 0 saturated carbocycles. The van der Waals surface area contributed by atoms with Crippen LogP contribution >= 0.6 is 23.4 Å². The normalized spacial score (nSPS) is 10.9. The molecule has 1 N–H and O–H groups in total. The maximum Gasteiger partial charge on any atom is 0.306 e. The van der Waals surface area contributed by atoms with E-state index in [1.165, 1.54) is 10.6 Å². The van der Waals surface area contributed by atoms with Crippen molar-refractivity contribution in [3.8, 4) is 5.69 Å². The van der Waals surface area contributed by atoms with Crippen LogP contribution in [0.25, 0.3) is 16.6 Å². The van der Waals surface area contributed by atoms with Crippen LogP contribution < -0.4 is 10.9 Å². The van der Waals surface area contributed by atoms with Gasteiger partial charge in [-0.3, -0.25) is 24.3 Å². The van der Waals surface area contributed by atoms with Crippen molar-refractivity contribution >= 4 is 51.5 Å². The number of halogens is 2. The van der Waals surface area contributed by atoms with Crippen LogP contribution in [0, 0.1) is 22.9 Å². The number of hydrogen-bond acceptors (Lipinski definition) is 6. The number of benzene rings is 3. The van der Waals surface area contributed by atoms with E-state index in [2.05, 4.69) is 10.3 Å². The van der Waals surface area contributed by atoms with Gasteiger partial charge in [0.05, 0.1) is 27.3 Å². The lowest BCUT2D eigenvalue weighted by Crippen LogP contribution is -2.23. The van der Waals surface area contributed by atoms with E-state index in [1.54, 1.807) is 49.4 Å². The maximum absolute atomic E-state index is 13.6. The van der Waals surface area contributed by atoms with Gasteiger partial charge in [-0.1, -0.05) is 41.6 Å². The number of nitro groups is 1. The zero-order valence-electron chi connectivity index (χ0n) is 17.6. The topological polar surface area (TPSA) is 107 Å². The molecule has 0 saturated heterocycles. The van der Waals surface area contributed by atoms with Crippen LogP contribution in [-0.2, 0) is 4.79 Å². The molecule has 1 heterocycles. The van der Waals surface area contributed by atoms with E-state index < -0.39 is 22.3 Å². The zero-order chi connectivity index (χ0) is 24.4. The van der Waals surface area contributed by atoms with Gasteiger partial charge in [0.25, 0.3) is 5.56 Å². The molecule has 0 aliphatic carbocycles. The van der Waals surface area contributed by atoms with E-state index in [0.717, 1.165) is 23.9 Å². The van der Waals surface area contributed by atoms with Crippen molar-refractivity contribution in [3.05, 3.63) is 97.5 Å². The molecule has 0 aliphatic rings.